The number of likely N-dealkylation sites (tertiary alicyclic amines) is 1. The Morgan fingerprint density at radius 2 is 1.56 bits per heavy atom. The molecule has 0 atom stereocenters. The molecule has 14 heteroatoms. The van der Waals surface area contributed by atoms with Crippen molar-refractivity contribution in [2.75, 3.05) is 39.3 Å². The number of ether oxygens (including phenoxy) is 1. The Kier molecular flexibility index (Phi) is 7.06. The maximum atomic E-state index is 12.7. The highest BCUT2D eigenvalue weighted by atomic mass is 35.5. The third-order valence-electron chi connectivity index (χ3n) is 5.96. The van der Waals surface area contributed by atoms with Crippen LogP contribution in [0.15, 0.2) is 36.5 Å². The van der Waals surface area contributed by atoms with Crippen LogP contribution in [0.25, 0.3) is 0 Å². The van der Waals surface area contributed by atoms with E-state index >= 15 is 0 Å². The number of alkyl halides is 6. The van der Waals surface area contributed by atoms with Gasteiger partial charge in [-0.05, 0) is 30.3 Å². The van der Waals surface area contributed by atoms with E-state index in [0.717, 1.165) is 4.90 Å². The zero-order valence-corrected chi connectivity index (χ0v) is 19.2. The maximum Gasteiger partial charge on any atom is 0.471 e. The smallest absolute Gasteiger partial charge is 0.438 e. The number of hydrogen-bond donors (Lipinski definition) is 0. The van der Waals surface area contributed by atoms with Gasteiger partial charge in [0.05, 0.1) is 5.56 Å². The fourth-order valence-electron chi connectivity index (χ4n) is 3.94. The van der Waals surface area contributed by atoms with Crippen LogP contribution in [0.2, 0.25) is 5.02 Å². The van der Waals surface area contributed by atoms with Crippen molar-refractivity contribution in [3.63, 3.8) is 0 Å². The van der Waals surface area contributed by atoms with Crippen molar-refractivity contribution in [2.24, 2.45) is 0 Å². The lowest BCUT2D eigenvalue weighted by Crippen LogP contribution is -2.65. The van der Waals surface area contributed by atoms with Crippen LogP contribution in [0.1, 0.15) is 15.9 Å². The number of piperazine rings is 1. The molecule has 0 bridgehead atoms. The number of rotatable bonds is 4. The second-order valence-electron chi connectivity index (χ2n) is 8.33. The highest BCUT2D eigenvalue weighted by molar-refractivity contribution is 6.31. The van der Waals surface area contributed by atoms with Crippen LogP contribution in [0.4, 0.5) is 26.3 Å². The first-order valence-corrected chi connectivity index (χ1v) is 11.1. The molecule has 36 heavy (non-hydrogen) atoms. The average molecular weight is 537 g/mol. The number of halogens is 7. The maximum absolute atomic E-state index is 12.7. The third-order valence-corrected chi connectivity index (χ3v) is 6.23. The molecule has 1 aromatic heterocycles. The molecule has 2 amide bonds. The fraction of sp³-hybridized carbons (Fsp3) is 0.409. The highest BCUT2D eigenvalue weighted by Gasteiger charge is 2.44. The minimum atomic E-state index is -4.89. The van der Waals surface area contributed by atoms with E-state index in [2.05, 4.69) is 4.98 Å². The van der Waals surface area contributed by atoms with Crippen LogP contribution in [-0.4, -0.2) is 83.0 Å². The van der Waals surface area contributed by atoms with Crippen molar-refractivity contribution in [3.05, 3.63) is 52.7 Å². The minimum absolute atomic E-state index is 0.00687. The van der Waals surface area contributed by atoms with Crippen molar-refractivity contribution >= 4 is 23.4 Å². The lowest BCUT2D eigenvalue weighted by Gasteiger charge is -2.48. The molecule has 0 radical (unpaired) electrons. The zero-order chi connectivity index (χ0) is 26.3. The molecule has 3 heterocycles. The summed E-state index contributed by atoms with van der Waals surface area (Å²) in [6.45, 7) is 1.33. The van der Waals surface area contributed by atoms with Gasteiger partial charge in [0.1, 0.15) is 10.8 Å². The number of pyridine rings is 1. The van der Waals surface area contributed by atoms with Crippen LogP contribution in [0.3, 0.4) is 0 Å². The Hall–Kier alpha value is -3.06. The van der Waals surface area contributed by atoms with Gasteiger partial charge >= 0.3 is 18.3 Å². The summed E-state index contributed by atoms with van der Waals surface area (Å²) in [4.78, 5) is 32.0. The van der Waals surface area contributed by atoms with Crippen LogP contribution in [0.5, 0.6) is 11.6 Å². The first kappa shape index (κ1) is 26.0. The Morgan fingerprint density at radius 3 is 2.08 bits per heavy atom. The molecular formula is C22H19ClF6N4O3. The molecule has 0 unspecified atom stereocenters. The van der Waals surface area contributed by atoms with Gasteiger partial charge < -0.3 is 14.5 Å². The Morgan fingerprint density at radius 1 is 0.944 bits per heavy atom. The van der Waals surface area contributed by atoms with E-state index in [1.165, 1.54) is 24.3 Å². The molecule has 7 nitrogen and oxygen atoms in total. The van der Waals surface area contributed by atoms with E-state index in [1.807, 2.05) is 4.90 Å². The molecule has 0 aliphatic carbocycles. The molecule has 194 valence electrons. The lowest BCUT2D eigenvalue weighted by molar-refractivity contribution is -0.187. The van der Waals surface area contributed by atoms with E-state index in [4.69, 9.17) is 16.3 Å². The number of carbonyl (C=O) groups excluding carboxylic acids is 2. The largest absolute Gasteiger partial charge is 0.471 e. The summed E-state index contributed by atoms with van der Waals surface area (Å²) in [6.07, 6.45) is -8.87. The van der Waals surface area contributed by atoms with Gasteiger partial charge in [0, 0.05) is 57.1 Å². The molecular weight excluding hydrogens is 518 g/mol. The SMILES string of the molecule is O=C(c1ccc(Oc2ncc(C(F)(F)F)cc2Cl)cc1)N1CC(N2CCN(C(=O)C(F)(F)F)CC2)C1. The summed E-state index contributed by atoms with van der Waals surface area (Å²) in [6, 6.07) is 6.59. The molecule has 0 saturated carbocycles. The molecule has 0 N–H and O–H groups in total. The molecule has 0 spiro atoms. The first-order valence-electron chi connectivity index (χ1n) is 10.7. The molecule has 2 aromatic rings. The van der Waals surface area contributed by atoms with Crippen LogP contribution < -0.4 is 4.74 Å². The lowest BCUT2D eigenvalue weighted by atomic mass is 10.0. The summed E-state index contributed by atoms with van der Waals surface area (Å²) in [5.74, 6) is -2.09. The molecule has 2 aliphatic rings. The minimum Gasteiger partial charge on any atom is -0.438 e. The van der Waals surface area contributed by atoms with E-state index < -0.39 is 23.8 Å². The second kappa shape index (κ2) is 9.77. The van der Waals surface area contributed by atoms with Crippen molar-refractivity contribution in [2.45, 2.75) is 18.4 Å². The van der Waals surface area contributed by atoms with Gasteiger partial charge in [0.15, 0.2) is 0 Å². The van der Waals surface area contributed by atoms with Crippen molar-refractivity contribution in [1.29, 1.82) is 0 Å². The number of nitrogens with zero attached hydrogens (tertiary/aromatic N) is 4. The number of benzene rings is 1. The molecule has 4 rings (SSSR count). The summed E-state index contributed by atoms with van der Waals surface area (Å²) in [5.41, 5.74) is -0.654. The van der Waals surface area contributed by atoms with Crippen LogP contribution in [-0.2, 0) is 11.0 Å². The van der Waals surface area contributed by atoms with Gasteiger partial charge in [-0.3, -0.25) is 14.5 Å². The summed E-state index contributed by atoms with van der Waals surface area (Å²) < 4.78 is 81.3. The Balaban J connectivity index is 1.27. The van der Waals surface area contributed by atoms with E-state index in [-0.39, 0.29) is 41.7 Å². The number of hydrogen-bond acceptors (Lipinski definition) is 5. The normalized spacial score (nSPS) is 17.6. The van der Waals surface area contributed by atoms with Gasteiger partial charge in [-0.1, -0.05) is 11.6 Å². The topological polar surface area (TPSA) is 66.0 Å². The molecule has 1 aromatic carbocycles. The Labute approximate surface area is 206 Å². The third kappa shape index (κ3) is 5.67. The predicted molar refractivity (Wildman–Crippen MR) is 115 cm³/mol. The molecule has 2 fully saturated rings. The van der Waals surface area contributed by atoms with Crippen molar-refractivity contribution in [1.82, 2.24) is 19.7 Å². The average Bonchev–Trinajstić information content (AvgIpc) is 2.78. The van der Waals surface area contributed by atoms with Gasteiger partial charge in [-0.15, -0.1) is 0 Å². The van der Waals surface area contributed by atoms with E-state index in [1.54, 1.807) is 4.90 Å². The number of amides is 2. The van der Waals surface area contributed by atoms with Gasteiger partial charge in [0.2, 0.25) is 5.88 Å². The summed E-state index contributed by atoms with van der Waals surface area (Å²) in [7, 11) is 0. The number of carbonyl (C=O) groups is 2. The Bertz CT molecular complexity index is 1130. The first-order chi connectivity index (χ1) is 16.8. The van der Waals surface area contributed by atoms with Gasteiger partial charge in [-0.2, -0.15) is 26.3 Å². The quantitative estimate of drug-likeness (QED) is 0.551. The van der Waals surface area contributed by atoms with E-state index in [9.17, 15) is 35.9 Å². The predicted octanol–water partition coefficient (Wildman–Crippen LogP) is 4.08. The van der Waals surface area contributed by atoms with Crippen LogP contribution >= 0.6 is 11.6 Å². The van der Waals surface area contributed by atoms with E-state index in [0.29, 0.717) is 44.0 Å². The summed E-state index contributed by atoms with van der Waals surface area (Å²) in [5, 5.41) is -0.319. The second-order valence-corrected chi connectivity index (χ2v) is 8.73. The molecule has 2 saturated heterocycles. The highest BCUT2D eigenvalue weighted by Crippen LogP contribution is 2.34. The number of aromatic nitrogens is 1. The standard InChI is InChI=1S/C22H19ClF6N4O3/c23-17-9-14(21(24,25)26)10-30-18(17)36-16-3-1-13(2-4-16)19(34)33-11-15(12-33)31-5-7-32(8-6-31)20(35)22(27,28)29/h1-4,9-10,15H,5-8,11-12H2. The molecule has 2 aliphatic heterocycles. The van der Waals surface area contributed by atoms with Gasteiger partial charge in [0.25, 0.3) is 5.91 Å². The fourth-order valence-corrected chi connectivity index (χ4v) is 4.14. The zero-order valence-electron chi connectivity index (χ0n) is 18.4. The summed E-state index contributed by atoms with van der Waals surface area (Å²) >= 11 is 5.83. The monoisotopic (exact) mass is 536 g/mol. The van der Waals surface area contributed by atoms with Crippen LogP contribution in [0, 0.1) is 0 Å². The van der Waals surface area contributed by atoms with Crippen molar-refractivity contribution < 1.29 is 40.7 Å². The van der Waals surface area contributed by atoms with Gasteiger partial charge in [-0.25, -0.2) is 4.98 Å². The van der Waals surface area contributed by atoms with Crippen molar-refractivity contribution in [3.8, 4) is 11.6 Å².